The van der Waals surface area contributed by atoms with E-state index in [2.05, 4.69) is 31.4 Å². The van der Waals surface area contributed by atoms with Crippen molar-refractivity contribution >= 4 is 5.91 Å². The first-order valence-corrected chi connectivity index (χ1v) is 6.65. The first-order valence-electron chi connectivity index (χ1n) is 6.65. The van der Waals surface area contributed by atoms with Gasteiger partial charge in [0.1, 0.15) is 0 Å². The summed E-state index contributed by atoms with van der Waals surface area (Å²) in [6.07, 6.45) is 1.02. The summed E-state index contributed by atoms with van der Waals surface area (Å²) >= 11 is 0. The predicted molar refractivity (Wildman–Crippen MR) is 70.3 cm³/mol. The third kappa shape index (κ3) is 5.33. The highest BCUT2D eigenvalue weighted by molar-refractivity contribution is 5.77. The third-order valence-corrected chi connectivity index (χ3v) is 3.23. The topological polar surface area (TPSA) is 70.6 Å². The van der Waals surface area contributed by atoms with Crippen molar-refractivity contribution in [1.29, 1.82) is 0 Å². The fourth-order valence-corrected chi connectivity index (χ4v) is 2.08. The quantitative estimate of drug-likeness (QED) is 0.662. The molecular formula is C13H26N2O3. The highest BCUT2D eigenvalue weighted by Gasteiger charge is 2.26. The van der Waals surface area contributed by atoms with Crippen LogP contribution in [0, 0.1) is 5.41 Å². The number of hydrogen-bond donors (Lipinski definition) is 3. The van der Waals surface area contributed by atoms with E-state index in [0.717, 1.165) is 6.54 Å². The molecule has 1 heterocycles. The van der Waals surface area contributed by atoms with Crippen LogP contribution in [-0.4, -0.2) is 49.5 Å². The highest BCUT2D eigenvalue weighted by Crippen LogP contribution is 2.21. The molecule has 0 spiro atoms. The van der Waals surface area contributed by atoms with E-state index in [1.807, 2.05) is 0 Å². The molecule has 5 heteroatoms. The summed E-state index contributed by atoms with van der Waals surface area (Å²) in [5.41, 5.74) is -0.0467. The lowest BCUT2D eigenvalue weighted by molar-refractivity contribution is -0.123. The van der Waals surface area contributed by atoms with Crippen molar-refractivity contribution in [3.05, 3.63) is 0 Å². The van der Waals surface area contributed by atoms with Crippen LogP contribution >= 0.6 is 0 Å². The molecule has 0 radical (unpaired) electrons. The van der Waals surface area contributed by atoms with Gasteiger partial charge in [0.2, 0.25) is 5.91 Å². The number of aliphatic hydroxyl groups excluding tert-OH is 1. The summed E-state index contributed by atoms with van der Waals surface area (Å²) in [6, 6.07) is 0.105. The van der Waals surface area contributed by atoms with E-state index in [4.69, 9.17) is 9.84 Å². The van der Waals surface area contributed by atoms with Crippen LogP contribution < -0.4 is 10.6 Å². The number of ether oxygens (including phenoxy) is 1. The van der Waals surface area contributed by atoms with Gasteiger partial charge in [-0.1, -0.05) is 20.8 Å². The molecule has 1 aliphatic heterocycles. The molecule has 1 amide bonds. The normalized spacial score (nSPS) is 22.6. The van der Waals surface area contributed by atoms with E-state index in [0.29, 0.717) is 26.1 Å². The van der Waals surface area contributed by atoms with E-state index in [1.165, 1.54) is 0 Å². The molecular weight excluding hydrogens is 232 g/mol. The molecule has 0 aromatic rings. The number of morpholine rings is 1. The molecule has 5 nitrogen and oxygen atoms in total. The second kappa shape index (κ2) is 7.07. The molecule has 0 saturated carbocycles. The van der Waals surface area contributed by atoms with Gasteiger partial charge < -0.3 is 20.5 Å². The summed E-state index contributed by atoms with van der Waals surface area (Å²) in [4.78, 5) is 12.0. The van der Waals surface area contributed by atoms with Crippen LogP contribution in [0.1, 0.15) is 33.6 Å². The van der Waals surface area contributed by atoms with Crippen molar-refractivity contribution in [1.82, 2.24) is 10.6 Å². The highest BCUT2D eigenvalue weighted by atomic mass is 16.5. The average molecular weight is 258 g/mol. The van der Waals surface area contributed by atoms with Crippen LogP contribution in [0.5, 0.6) is 0 Å². The Balaban J connectivity index is 2.40. The van der Waals surface area contributed by atoms with Crippen molar-refractivity contribution in [2.24, 2.45) is 5.41 Å². The molecule has 2 atom stereocenters. The maximum absolute atomic E-state index is 12.0. The molecule has 0 aromatic heterocycles. The molecule has 18 heavy (non-hydrogen) atoms. The van der Waals surface area contributed by atoms with Gasteiger partial charge in [-0.2, -0.15) is 0 Å². The van der Waals surface area contributed by atoms with Gasteiger partial charge in [-0.05, 0) is 11.8 Å². The van der Waals surface area contributed by atoms with Crippen LogP contribution in [0.3, 0.4) is 0 Å². The zero-order chi connectivity index (χ0) is 13.6. The zero-order valence-electron chi connectivity index (χ0n) is 11.7. The lowest BCUT2D eigenvalue weighted by atomic mass is 9.85. The molecule has 0 aromatic carbocycles. The number of amides is 1. The van der Waals surface area contributed by atoms with Gasteiger partial charge in [0.15, 0.2) is 0 Å². The maximum atomic E-state index is 12.0. The first kappa shape index (κ1) is 15.4. The summed E-state index contributed by atoms with van der Waals surface area (Å²) in [7, 11) is 0. The van der Waals surface area contributed by atoms with Crippen LogP contribution in [0.25, 0.3) is 0 Å². The smallest absolute Gasteiger partial charge is 0.221 e. The minimum atomic E-state index is -0.0467. The van der Waals surface area contributed by atoms with Crippen molar-refractivity contribution in [3.8, 4) is 0 Å². The number of carbonyl (C=O) groups excluding carboxylic acids is 1. The van der Waals surface area contributed by atoms with Crippen LogP contribution in [0.2, 0.25) is 0 Å². The van der Waals surface area contributed by atoms with E-state index in [9.17, 15) is 4.79 Å². The third-order valence-electron chi connectivity index (χ3n) is 3.23. The molecule has 1 saturated heterocycles. The largest absolute Gasteiger partial charge is 0.396 e. The van der Waals surface area contributed by atoms with Crippen LogP contribution in [-0.2, 0) is 9.53 Å². The van der Waals surface area contributed by atoms with E-state index < -0.39 is 0 Å². The second-order valence-corrected chi connectivity index (χ2v) is 5.93. The minimum absolute atomic E-state index is 0.000455. The molecule has 106 valence electrons. The van der Waals surface area contributed by atoms with Crippen molar-refractivity contribution in [2.75, 3.05) is 26.4 Å². The Labute approximate surface area is 109 Å². The molecule has 0 bridgehead atoms. The Morgan fingerprint density at radius 2 is 2.28 bits per heavy atom. The average Bonchev–Trinajstić information content (AvgIpc) is 2.28. The van der Waals surface area contributed by atoms with Gasteiger partial charge in [0, 0.05) is 31.7 Å². The van der Waals surface area contributed by atoms with Crippen LogP contribution in [0.4, 0.5) is 0 Å². The monoisotopic (exact) mass is 258 g/mol. The van der Waals surface area contributed by atoms with E-state index in [-0.39, 0.29) is 30.0 Å². The number of carbonyl (C=O) groups is 1. The van der Waals surface area contributed by atoms with E-state index in [1.54, 1.807) is 0 Å². The molecule has 2 unspecified atom stereocenters. The number of hydrogen-bond acceptors (Lipinski definition) is 4. The second-order valence-electron chi connectivity index (χ2n) is 5.93. The summed E-state index contributed by atoms with van der Waals surface area (Å²) in [6.45, 7) is 8.39. The van der Waals surface area contributed by atoms with Crippen LogP contribution in [0.15, 0.2) is 0 Å². The standard InChI is InChI=1S/C13H26N2O3/c1-13(2,3)11(4-6-16)15-12(17)8-10-9-18-7-5-14-10/h10-11,14,16H,4-9H2,1-3H3,(H,15,17). The SMILES string of the molecule is CC(C)(C)C(CCO)NC(=O)CC1COCCN1. The Morgan fingerprint density at radius 3 is 2.78 bits per heavy atom. The summed E-state index contributed by atoms with van der Waals surface area (Å²) in [5.74, 6) is 0.0198. The molecule has 3 N–H and O–H groups in total. The lowest BCUT2D eigenvalue weighted by Gasteiger charge is -2.32. The fourth-order valence-electron chi connectivity index (χ4n) is 2.08. The van der Waals surface area contributed by atoms with Crippen molar-refractivity contribution in [3.63, 3.8) is 0 Å². The predicted octanol–water partition coefficient (Wildman–Crippen LogP) is 0.278. The first-order chi connectivity index (χ1) is 8.43. The van der Waals surface area contributed by atoms with Gasteiger partial charge in [-0.25, -0.2) is 0 Å². The van der Waals surface area contributed by atoms with Gasteiger partial charge in [-0.3, -0.25) is 4.79 Å². The number of nitrogens with one attached hydrogen (secondary N) is 2. The zero-order valence-corrected chi connectivity index (χ0v) is 11.7. The molecule has 1 rings (SSSR count). The van der Waals surface area contributed by atoms with E-state index >= 15 is 0 Å². The summed E-state index contributed by atoms with van der Waals surface area (Å²) < 4.78 is 5.32. The minimum Gasteiger partial charge on any atom is -0.396 e. The summed E-state index contributed by atoms with van der Waals surface area (Å²) in [5, 5.41) is 15.3. The Bertz CT molecular complexity index is 257. The Hall–Kier alpha value is -0.650. The van der Waals surface area contributed by atoms with Crippen molar-refractivity contribution < 1.29 is 14.6 Å². The molecule has 1 aliphatic rings. The Kier molecular flexibility index (Phi) is 6.05. The van der Waals surface area contributed by atoms with Crippen molar-refractivity contribution in [2.45, 2.75) is 45.7 Å². The van der Waals surface area contributed by atoms with Gasteiger partial charge in [0.25, 0.3) is 0 Å². The molecule has 1 fully saturated rings. The van der Waals surface area contributed by atoms with Gasteiger partial charge in [0.05, 0.1) is 13.2 Å². The Morgan fingerprint density at radius 1 is 1.56 bits per heavy atom. The lowest BCUT2D eigenvalue weighted by Crippen LogP contribution is -2.48. The number of rotatable bonds is 5. The molecule has 0 aliphatic carbocycles. The number of aliphatic hydroxyl groups is 1. The maximum Gasteiger partial charge on any atom is 0.221 e. The fraction of sp³-hybridized carbons (Fsp3) is 0.923. The van der Waals surface area contributed by atoms with Gasteiger partial charge in [-0.15, -0.1) is 0 Å². The van der Waals surface area contributed by atoms with Gasteiger partial charge >= 0.3 is 0 Å².